The average Bonchev–Trinajstić information content (AvgIpc) is 2.44. The molecule has 0 spiro atoms. The van der Waals surface area contributed by atoms with Gasteiger partial charge in [-0.2, -0.15) is 0 Å². The van der Waals surface area contributed by atoms with Crippen LogP contribution in [0.3, 0.4) is 0 Å². The van der Waals surface area contributed by atoms with E-state index < -0.39 is 5.54 Å². The lowest BCUT2D eigenvalue weighted by Crippen LogP contribution is -2.62. The molecule has 2 rings (SSSR count). The lowest BCUT2D eigenvalue weighted by atomic mass is 9.94. The van der Waals surface area contributed by atoms with Gasteiger partial charge < -0.3 is 20.3 Å². The number of piperazine rings is 1. The molecule has 1 atom stereocenters. The first-order chi connectivity index (χ1) is 9.80. The second kappa shape index (κ2) is 5.56. The minimum atomic E-state index is -0.594. The second-order valence-electron chi connectivity index (χ2n) is 6.12. The number of ether oxygens (including phenoxy) is 1. The van der Waals surface area contributed by atoms with Crippen molar-refractivity contribution in [2.24, 2.45) is 5.73 Å². The number of hydrogen-bond acceptors (Lipinski definition) is 4. The number of carbonyl (C=O) groups excluding carboxylic acids is 1. The predicted molar refractivity (Wildman–Crippen MR) is 84.7 cm³/mol. The number of likely N-dealkylation sites (N-methyl/N-ethyl adjacent to an activating group) is 1. The van der Waals surface area contributed by atoms with Gasteiger partial charge in [-0.15, -0.1) is 0 Å². The Morgan fingerprint density at radius 3 is 2.57 bits per heavy atom. The zero-order valence-electron chi connectivity index (χ0n) is 13.5. The van der Waals surface area contributed by atoms with E-state index in [1.165, 1.54) is 0 Å². The SMILES string of the molecule is COc1cccc(N2CCN(C)C(=O)C2(C)C)c1[C@H](C)N. The van der Waals surface area contributed by atoms with E-state index in [1.807, 2.05) is 46.0 Å². The largest absolute Gasteiger partial charge is 0.496 e. The molecule has 116 valence electrons. The van der Waals surface area contributed by atoms with Crippen molar-refractivity contribution < 1.29 is 9.53 Å². The average molecular weight is 291 g/mol. The number of rotatable bonds is 3. The summed E-state index contributed by atoms with van der Waals surface area (Å²) in [6.07, 6.45) is 0. The molecule has 2 N–H and O–H groups in total. The Morgan fingerprint density at radius 1 is 1.33 bits per heavy atom. The molecule has 5 nitrogen and oxygen atoms in total. The highest BCUT2D eigenvalue weighted by molar-refractivity contribution is 5.90. The number of methoxy groups -OCH3 is 1. The molecule has 1 heterocycles. The van der Waals surface area contributed by atoms with Crippen LogP contribution in [-0.2, 0) is 4.79 Å². The van der Waals surface area contributed by atoms with Crippen LogP contribution in [0.2, 0.25) is 0 Å². The predicted octanol–water partition coefficient (Wildman–Crippen LogP) is 1.77. The van der Waals surface area contributed by atoms with Crippen LogP contribution >= 0.6 is 0 Å². The monoisotopic (exact) mass is 291 g/mol. The molecular weight excluding hydrogens is 266 g/mol. The summed E-state index contributed by atoms with van der Waals surface area (Å²) in [4.78, 5) is 16.4. The molecule has 0 aromatic heterocycles. The summed E-state index contributed by atoms with van der Waals surface area (Å²) in [6, 6.07) is 5.70. The van der Waals surface area contributed by atoms with Gasteiger partial charge in [-0.05, 0) is 32.9 Å². The molecule has 1 aliphatic rings. The topological polar surface area (TPSA) is 58.8 Å². The van der Waals surface area contributed by atoms with E-state index in [1.54, 1.807) is 12.0 Å². The Labute approximate surface area is 126 Å². The molecule has 1 aliphatic heterocycles. The summed E-state index contributed by atoms with van der Waals surface area (Å²) in [7, 11) is 3.49. The zero-order valence-corrected chi connectivity index (χ0v) is 13.5. The molecule has 5 heteroatoms. The Balaban J connectivity index is 2.54. The van der Waals surface area contributed by atoms with Gasteiger partial charge in [0.15, 0.2) is 0 Å². The number of nitrogens with zero attached hydrogens (tertiary/aromatic N) is 2. The Bertz CT molecular complexity index is 540. The molecule has 1 saturated heterocycles. The van der Waals surface area contributed by atoms with Gasteiger partial charge in [-0.25, -0.2) is 0 Å². The van der Waals surface area contributed by atoms with Crippen molar-refractivity contribution >= 4 is 11.6 Å². The molecular formula is C16H25N3O2. The Hall–Kier alpha value is -1.75. The normalized spacial score (nSPS) is 19.6. The smallest absolute Gasteiger partial charge is 0.247 e. The van der Waals surface area contributed by atoms with Crippen LogP contribution in [0.5, 0.6) is 5.75 Å². The van der Waals surface area contributed by atoms with Gasteiger partial charge in [0.05, 0.1) is 7.11 Å². The molecule has 1 fully saturated rings. The highest BCUT2D eigenvalue weighted by Crippen LogP contribution is 2.38. The Kier molecular flexibility index (Phi) is 4.14. The summed E-state index contributed by atoms with van der Waals surface area (Å²) in [6.45, 7) is 7.33. The fourth-order valence-corrected chi connectivity index (χ4v) is 3.04. The number of hydrogen-bond donors (Lipinski definition) is 1. The van der Waals surface area contributed by atoms with Crippen LogP contribution in [0, 0.1) is 0 Å². The van der Waals surface area contributed by atoms with Crippen LogP contribution in [0.4, 0.5) is 5.69 Å². The number of nitrogens with two attached hydrogens (primary N) is 1. The van der Waals surface area contributed by atoms with E-state index >= 15 is 0 Å². The van der Waals surface area contributed by atoms with Gasteiger partial charge in [0.1, 0.15) is 11.3 Å². The van der Waals surface area contributed by atoms with E-state index in [-0.39, 0.29) is 11.9 Å². The van der Waals surface area contributed by atoms with Crippen molar-refractivity contribution in [3.8, 4) is 5.75 Å². The highest BCUT2D eigenvalue weighted by atomic mass is 16.5. The van der Waals surface area contributed by atoms with E-state index in [9.17, 15) is 4.79 Å². The third kappa shape index (κ3) is 2.58. The molecule has 0 unspecified atom stereocenters. The van der Waals surface area contributed by atoms with Gasteiger partial charge >= 0.3 is 0 Å². The van der Waals surface area contributed by atoms with Gasteiger partial charge in [-0.3, -0.25) is 4.79 Å². The van der Waals surface area contributed by atoms with Crippen LogP contribution in [0.25, 0.3) is 0 Å². The van der Waals surface area contributed by atoms with Crippen LogP contribution < -0.4 is 15.4 Å². The van der Waals surface area contributed by atoms with Crippen LogP contribution in [0.15, 0.2) is 18.2 Å². The van der Waals surface area contributed by atoms with Gasteiger partial charge in [0.25, 0.3) is 0 Å². The molecule has 1 amide bonds. The van der Waals surface area contributed by atoms with Crippen LogP contribution in [0.1, 0.15) is 32.4 Å². The van der Waals surface area contributed by atoms with Gasteiger partial charge in [0.2, 0.25) is 5.91 Å². The van der Waals surface area contributed by atoms with E-state index in [2.05, 4.69) is 4.90 Å². The third-order valence-corrected chi connectivity index (χ3v) is 4.21. The summed E-state index contributed by atoms with van der Waals surface area (Å²) in [5.74, 6) is 0.886. The number of benzene rings is 1. The summed E-state index contributed by atoms with van der Waals surface area (Å²) in [5, 5.41) is 0. The lowest BCUT2D eigenvalue weighted by Gasteiger charge is -2.47. The minimum Gasteiger partial charge on any atom is -0.496 e. The third-order valence-electron chi connectivity index (χ3n) is 4.21. The van der Waals surface area contributed by atoms with Crippen molar-refractivity contribution in [2.75, 3.05) is 32.1 Å². The summed E-state index contributed by atoms with van der Waals surface area (Å²) >= 11 is 0. The molecule has 1 aromatic carbocycles. The molecule has 0 aliphatic carbocycles. The second-order valence-corrected chi connectivity index (χ2v) is 6.12. The van der Waals surface area contributed by atoms with Crippen molar-refractivity contribution in [1.82, 2.24) is 4.90 Å². The fourth-order valence-electron chi connectivity index (χ4n) is 3.04. The maximum Gasteiger partial charge on any atom is 0.247 e. The summed E-state index contributed by atoms with van der Waals surface area (Å²) in [5.41, 5.74) is 7.48. The van der Waals surface area contributed by atoms with Crippen LogP contribution in [-0.4, -0.2) is 43.6 Å². The number of amides is 1. The highest BCUT2D eigenvalue weighted by Gasteiger charge is 2.41. The minimum absolute atomic E-state index is 0.118. The fraction of sp³-hybridized carbons (Fsp3) is 0.562. The van der Waals surface area contributed by atoms with Crippen molar-refractivity contribution in [1.29, 1.82) is 0 Å². The molecule has 0 radical (unpaired) electrons. The van der Waals surface area contributed by atoms with Crippen molar-refractivity contribution in [3.05, 3.63) is 23.8 Å². The van der Waals surface area contributed by atoms with Gasteiger partial charge in [-0.1, -0.05) is 6.07 Å². The molecule has 0 saturated carbocycles. The van der Waals surface area contributed by atoms with E-state index in [0.29, 0.717) is 6.54 Å². The quantitative estimate of drug-likeness (QED) is 0.922. The van der Waals surface area contributed by atoms with E-state index in [0.717, 1.165) is 23.5 Å². The number of anilines is 1. The molecule has 0 bridgehead atoms. The Morgan fingerprint density at radius 2 is 2.00 bits per heavy atom. The first-order valence-electron chi connectivity index (χ1n) is 7.26. The zero-order chi connectivity index (χ0) is 15.8. The summed E-state index contributed by atoms with van der Waals surface area (Å²) < 4.78 is 5.45. The first-order valence-corrected chi connectivity index (χ1v) is 7.26. The standard InChI is InChI=1S/C16H25N3O2/c1-11(17)14-12(7-6-8-13(14)21-5)19-10-9-18(4)15(20)16(19,2)3/h6-8,11H,9-10,17H2,1-5H3/t11-/m0/s1. The van der Waals surface area contributed by atoms with E-state index in [4.69, 9.17) is 10.5 Å². The molecule has 1 aromatic rings. The lowest BCUT2D eigenvalue weighted by molar-refractivity contribution is -0.136. The maximum absolute atomic E-state index is 12.5. The maximum atomic E-state index is 12.5. The van der Waals surface area contributed by atoms with Crippen molar-refractivity contribution in [3.63, 3.8) is 0 Å². The molecule has 21 heavy (non-hydrogen) atoms. The first kappa shape index (κ1) is 15.6. The van der Waals surface area contributed by atoms with Crippen molar-refractivity contribution in [2.45, 2.75) is 32.4 Å². The van der Waals surface area contributed by atoms with Gasteiger partial charge in [0, 0.05) is 37.4 Å². The number of carbonyl (C=O) groups is 1.